The number of hydrogen-bond donors (Lipinski definition) is 2. The molecular weight excluding hydrogens is 352 g/mol. The molecule has 1 heterocycles. The van der Waals surface area contributed by atoms with Crippen molar-refractivity contribution >= 4 is 29.3 Å². The second kappa shape index (κ2) is 8.14. The first-order valence-electron chi connectivity index (χ1n) is 8.23. The summed E-state index contributed by atoms with van der Waals surface area (Å²) in [5, 5.41) is 5.51. The van der Waals surface area contributed by atoms with Gasteiger partial charge in [0.15, 0.2) is 0 Å². The van der Waals surface area contributed by atoms with E-state index < -0.39 is 0 Å². The fourth-order valence-electron chi connectivity index (χ4n) is 2.46. The molecule has 0 aromatic heterocycles. The average Bonchev–Trinajstić information content (AvgIpc) is 2.66. The second-order valence-corrected chi connectivity index (χ2v) is 7.12. The number of fused-ring (bicyclic) bond motifs is 1. The van der Waals surface area contributed by atoms with Gasteiger partial charge in [0, 0.05) is 10.5 Å². The SMILES string of the molecule is COc1ccc(OCCNC(=O)c2ccc3c(c2)NC(=O)[C@H](C)S3)cc1. The minimum atomic E-state index is -0.205. The van der Waals surface area contributed by atoms with Crippen molar-refractivity contribution in [1.29, 1.82) is 0 Å². The smallest absolute Gasteiger partial charge is 0.251 e. The van der Waals surface area contributed by atoms with Crippen LogP contribution in [0.3, 0.4) is 0 Å². The molecule has 136 valence electrons. The maximum Gasteiger partial charge on any atom is 0.251 e. The number of rotatable bonds is 6. The summed E-state index contributed by atoms with van der Waals surface area (Å²) >= 11 is 1.49. The lowest BCUT2D eigenvalue weighted by Crippen LogP contribution is -2.29. The fraction of sp³-hybridized carbons (Fsp3) is 0.263. The number of carbonyl (C=O) groups excluding carboxylic acids is 2. The van der Waals surface area contributed by atoms with Gasteiger partial charge in [-0.2, -0.15) is 0 Å². The molecule has 0 bridgehead atoms. The van der Waals surface area contributed by atoms with Crippen LogP contribution >= 0.6 is 11.8 Å². The molecule has 7 heteroatoms. The Labute approximate surface area is 156 Å². The molecule has 2 N–H and O–H groups in total. The maximum atomic E-state index is 12.3. The first kappa shape index (κ1) is 18.1. The molecular formula is C19H20N2O4S. The lowest BCUT2D eigenvalue weighted by molar-refractivity contribution is -0.115. The van der Waals surface area contributed by atoms with Gasteiger partial charge in [-0.05, 0) is 49.4 Å². The topological polar surface area (TPSA) is 76.7 Å². The average molecular weight is 372 g/mol. The van der Waals surface area contributed by atoms with Gasteiger partial charge in [-0.15, -0.1) is 11.8 Å². The molecule has 26 heavy (non-hydrogen) atoms. The summed E-state index contributed by atoms with van der Waals surface area (Å²) in [4.78, 5) is 25.0. The van der Waals surface area contributed by atoms with Crippen LogP contribution < -0.4 is 20.1 Å². The third-order valence-corrected chi connectivity index (χ3v) is 5.07. The van der Waals surface area contributed by atoms with Crippen LogP contribution in [0.4, 0.5) is 5.69 Å². The standard InChI is InChI=1S/C19H20N2O4S/c1-12-18(22)21-16-11-13(3-8-17(16)26-12)19(23)20-9-10-25-15-6-4-14(24-2)5-7-15/h3-8,11-12H,9-10H2,1-2H3,(H,20,23)(H,21,22)/t12-/m0/s1. The Kier molecular flexibility index (Phi) is 5.68. The quantitative estimate of drug-likeness (QED) is 0.763. The van der Waals surface area contributed by atoms with Gasteiger partial charge in [0.05, 0.1) is 24.6 Å². The first-order valence-corrected chi connectivity index (χ1v) is 9.11. The second-order valence-electron chi connectivity index (χ2n) is 5.74. The monoisotopic (exact) mass is 372 g/mol. The molecule has 0 saturated carbocycles. The molecule has 0 saturated heterocycles. The Bertz CT molecular complexity index is 808. The normalized spacial score (nSPS) is 15.6. The zero-order valence-corrected chi connectivity index (χ0v) is 15.4. The lowest BCUT2D eigenvalue weighted by atomic mass is 10.1. The molecule has 1 aliphatic heterocycles. The van der Waals surface area contributed by atoms with E-state index in [2.05, 4.69) is 10.6 Å². The van der Waals surface area contributed by atoms with Crippen molar-refractivity contribution in [1.82, 2.24) is 5.32 Å². The summed E-state index contributed by atoms with van der Waals surface area (Å²) in [7, 11) is 1.61. The highest BCUT2D eigenvalue weighted by Gasteiger charge is 2.23. The van der Waals surface area contributed by atoms with Crippen LogP contribution in [0.15, 0.2) is 47.4 Å². The molecule has 6 nitrogen and oxygen atoms in total. The van der Waals surface area contributed by atoms with E-state index in [4.69, 9.17) is 9.47 Å². The minimum absolute atomic E-state index is 0.0482. The van der Waals surface area contributed by atoms with Gasteiger partial charge in [0.2, 0.25) is 5.91 Å². The highest BCUT2D eigenvalue weighted by molar-refractivity contribution is 8.00. The fourth-order valence-corrected chi connectivity index (χ4v) is 3.39. The van der Waals surface area contributed by atoms with Gasteiger partial charge in [-0.1, -0.05) is 0 Å². The van der Waals surface area contributed by atoms with E-state index in [0.29, 0.717) is 30.2 Å². The van der Waals surface area contributed by atoms with Gasteiger partial charge in [0.25, 0.3) is 5.91 Å². The van der Waals surface area contributed by atoms with Crippen LogP contribution in [0.25, 0.3) is 0 Å². The summed E-state index contributed by atoms with van der Waals surface area (Å²) < 4.78 is 10.7. The number of amides is 2. The summed E-state index contributed by atoms with van der Waals surface area (Å²) in [5.74, 6) is 1.22. The van der Waals surface area contributed by atoms with Gasteiger partial charge in [-0.25, -0.2) is 0 Å². The van der Waals surface area contributed by atoms with Crippen LogP contribution in [0.5, 0.6) is 11.5 Å². The summed E-state index contributed by atoms with van der Waals surface area (Å²) in [6, 6.07) is 12.6. The lowest BCUT2D eigenvalue weighted by Gasteiger charge is -2.21. The van der Waals surface area contributed by atoms with E-state index in [9.17, 15) is 9.59 Å². The molecule has 1 atom stereocenters. The van der Waals surface area contributed by atoms with Crippen molar-refractivity contribution in [3.63, 3.8) is 0 Å². The summed E-state index contributed by atoms with van der Waals surface area (Å²) in [6.07, 6.45) is 0. The minimum Gasteiger partial charge on any atom is -0.497 e. The highest BCUT2D eigenvalue weighted by Crippen LogP contribution is 2.35. The number of ether oxygens (including phenoxy) is 2. The van der Waals surface area contributed by atoms with Crippen molar-refractivity contribution in [2.75, 3.05) is 25.6 Å². The maximum absolute atomic E-state index is 12.3. The molecule has 3 rings (SSSR count). The van der Waals surface area contributed by atoms with E-state index in [-0.39, 0.29) is 17.1 Å². The van der Waals surface area contributed by atoms with Gasteiger partial charge >= 0.3 is 0 Å². The van der Waals surface area contributed by atoms with Crippen molar-refractivity contribution in [3.8, 4) is 11.5 Å². The Hall–Kier alpha value is -2.67. The number of anilines is 1. The number of nitrogens with one attached hydrogen (secondary N) is 2. The zero-order valence-electron chi connectivity index (χ0n) is 14.6. The van der Waals surface area contributed by atoms with Crippen molar-refractivity contribution < 1.29 is 19.1 Å². The number of hydrogen-bond acceptors (Lipinski definition) is 5. The number of thioether (sulfide) groups is 1. The van der Waals surface area contributed by atoms with E-state index in [1.54, 1.807) is 19.2 Å². The molecule has 0 radical (unpaired) electrons. The third kappa shape index (κ3) is 4.29. The van der Waals surface area contributed by atoms with Crippen LogP contribution in [0.1, 0.15) is 17.3 Å². The van der Waals surface area contributed by atoms with E-state index >= 15 is 0 Å². The van der Waals surface area contributed by atoms with Crippen LogP contribution in [0, 0.1) is 0 Å². The molecule has 0 fully saturated rings. The van der Waals surface area contributed by atoms with Gasteiger partial charge < -0.3 is 20.1 Å². The Balaban J connectivity index is 1.50. The molecule has 2 amide bonds. The van der Waals surface area contributed by atoms with Crippen LogP contribution in [-0.4, -0.2) is 37.3 Å². The van der Waals surface area contributed by atoms with Crippen molar-refractivity contribution in [2.45, 2.75) is 17.1 Å². The summed E-state index contributed by atoms with van der Waals surface area (Å²) in [5.41, 5.74) is 1.18. The van der Waals surface area contributed by atoms with Crippen LogP contribution in [-0.2, 0) is 4.79 Å². The molecule has 2 aromatic rings. The van der Waals surface area contributed by atoms with E-state index in [1.165, 1.54) is 11.8 Å². The molecule has 0 unspecified atom stereocenters. The zero-order chi connectivity index (χ0) is 18.5. The number of benzene rings is 2. The Morgan fingerprint density at radius 1 is 1.19 bits per heavy atom. The number of carbonyl (C=O) groups is 2. The predicted octanol–water partition coefficient (Wildman–Crippen LogP) is 2.94. The number of methoxy groups -OCH3 is 1. The van der Waals surface area contributed by atoms with Gasteiger partial charge in [0.1, 0.15) is 18.1 Å². The van der Waals surface area contributed by atoms with Crippen LogP contribution in [0.2, 0.25) is 0 Å². The Morgan fingerprint density at radius 2 is 1.92 bits per heavy atom. The highest BCUT2D eigenvalue weighted by atomic mass is 32.2. The molecule has 0 aliphatic carbocycles. The van der Waals surface area contributed by atoms with Crippen molar-refractivity contribution in [2.24, 2.45) is 0 Å². The molecule has 2 aromatic carbocycles. The largest absolute Gasteiger partial charge is 0.497 e. The molecule has 0 spiro atoms. The first-order chi connectivity index (χ1) is 12.6. The van der Waals surface area contributed by atoms with E-state index in [1.807, 2.05) is 37.3 Å². The van der Waals surface area contributed by atoms with E-state index in [0.717, 1.165) is 10.6 Å². The van der Waals surface area contributed by atoms with Gasteiger partial charge in [-0.3, -0.25) is 9.59 Å². The summed E-state index contributed by atoms with van der Waals surface area (Å²) in [6.45, 7) is 2.58. The van der Waals surface area contributed by atoms with Crippen molar-refractivity contribution in [3.05, 3.63) is 48.0 Å². The predicted molar refractivity (Wildman–Crippen MR) is 101 cm³/mol. The molecule has 1 aliphatic rings. The third-order valence-electron chi connectivity index (χ3n) is 3.89. The Morgan fingerprint density at radius 3 is 2.65 bits per heavy atom.